The summed E-state index contributed by atoms with van der Waals surface area (Å²) in [5, 5.41) is 0. The van der Waals surface area contributed by atoms with Crippen LogP contribution in [0.5, 0.6) is 0 Å². The van der Waals surface area contributed by atoms with E-state index < -0.39 is 0 Å². The van der Waals surface area contributed by atoms with Crippen LogP contribution < -0.4 is 11.5 Å². The second-order valence-electron chi connectivity index (χ2n) is 4.10. The van der Waals surface area contributed by atoms with Crippen molar-refractivity contribution in [3.05, 3.63) is 17.8 Å². The maximum Gasteiger partial charge on any atom is 0.146 e. The molecule has 17 heavy (non-hydrogen) atoms. The van der Waals surface area contributed by atoms with Gasteiger partial charge in [0.2, 0.25) is 0 Å². The highest BCUT2D eigenvalue weighted by molar-refractivity contribution is 9.09. The van der Waals surface area contributed by atoms with Crippen LogP contribution in [0.15, 0.2) is 12.3 Å². The molecule has 2 heterocycles. The first-order chi connectivity index (χ1) is 8.16. The number of aromatic nitrogens is 1. The second kappa shape index (κ2) is 5.66. The summed E-state index contributed by atoms with van der Waals surface area (Å²) in [4.78, 5) is 6.70. The predicted octanol–water partition coefficient (Wildman–Crippen LogP) is 0.842. The third kappa shape index (κ3) is 3.31. The molecule has 5 nitrogen and oxygen atoms in total. The van der Waals surface area contributed by atoms with Crippen molar-refractivity contribution in [2.75, 3.05) is 37.8 Å². The number of hydrogen-bond donors (Lipinski definition) is 2. The van der Waals surface area contributed by atoms with E-state index in [1.165, 1.54) is 0 Å². The van der Waals surface area contributed by atoms with Gasteiger partial charge >= 0.3 is 0 Å². The minimum absolute atomic E-state index is 0.288. The molecule has 0 aromatic carbocycles. The third-order valence-electron chi connectivity index (χ3n) is 2.85. The zero-order chi connectivity index (χ0) is 12.3. The minimum atomic E-state index is 0.288. The van der Waals surface area contributed by atoms with E-state index in [-0.39, 0.29) is 4.95 Å². The van der Waals surface area contributed by atoms with Gasteiger partial charge in [0, 0.05) is 19.3 Å². The van der Waals surface area contributed by atoms with Gasteiger partial charge < -0.3 is 16.2 Å². The lowest BCUT2D eigenvalue weighted by Gasteiger charge is -2.31. The fourth-order valence-corrected chi connectivity index (χ4v) is 2.61. The van der Waals surface area contributed by atoms with Crippen molar-refractivity contribution in [3.8, 4) is 0 Å². The first kappa shape index (κ1) is 12.6. The third-order valence-corrected chi connectivity index (χ3v) is 3.76. The number of nitrogen functional groups attached to an aromatic ring is 2. The topological polar surface area (TPSA) is 77.4 Å². The summed E-state index contributed by atoms with van der Waals surface area (Å²) >= 11 is 3.69. The normalized spacial score (nSPS) is 19.1. The van der Waals surface area contributed by atoms with Gasteiger partial charge in [0.1, 0.15) is 5.82 Å². The van der Waals surface area contributed by atoms with E-state index in [0.29, 0.717) is 11.5 Å². The molecule has 1 aromatic rings. The van der Waals surface area contributed by atoms with E-state index in [1.807, 2.05) is 6.07 Å². The van der Waals surface area contributed by atoms with Crippen molar-refractivity contribution in [2.45, 2.75) is 11.4 Å². The van der Waals surface area contributed by atoms with Crippen LogP contribution in [0.1, 0.15) is 5.56 Å². The molecule has 1 aliphatic rings. The molecule has 4 N–H and O–H groups in total. The summed E-state index contributed by atoms with van der Waals surface area (Å²) in [6, 6.07) is 1.89. The summed E-state index contributed by atoms with van der Waals surface area (Å²) in [7, 11) is 0. The standard InChI is InChI=1S/C11H17BrN4O/c12-10(16-1-3-17-4-2-16)6-8-5-9(13)11(14)15-7-8/h5,7,10H,1-4,6,13H2,(H2,14,15). The molecule has 2 rings (SSSR count). The summed E-state index contributed by atoms with van der Waals surface area (Å²) in [5.74, 6) is 0.395. The highest BCUT2D eigenvalue weighted by Gasteiger charge is 2.18. The van der Waals surface area contributed by atoms with Gasteiger partial charge in [-0.15, -0.1) is 0 Å². The number of alkyl halides is 1. The lowest BCUT2D eigenvalue weighted by Crippen LogP contribution is -2.41. The highest BCUT2D eigenvalue weighted by Crippen LogP contribution is 2.19. The summed E-state index contributed by atoms with van der Waals surface area (Å²) in [5.41, 5.74) is 13.0. The van der Waals surface area contributed by atoms with Crippen molar-refractivity contribution in [3.63, 3.8) is 0 Å². The quantitative estimate of drug-likeness (QED) is 0.639. The molecule has 1 aromatic heterocycles. The van der Waals surface area contributed by atoms with Crippen LogP contribution in [0.4, 0.5) is 11.5 Å². The Balaban J connectivity index is 1.96. The molecule has 6 heteroatoms. The largest absolute Gasteiger partial charge is 0.396 e. The van der Waals surface area contributed by atoms with Crippen molar-refractivity contribution in [1.29, 1.82) is 0 Å². The molecule has 0 spiro atoms. The van der Waals surface area contributed by atoms with Crippen molar-refractivity contribution in [1.82, 2.24) is 9.88 Å². The molecular weight excluding hydrogens is 284 g/mol. The molecule has 0 saturated carbocycles. The zero-order valence-electron chi connectivity index (χ0n) is 9.60. The van der Waals surface area contributed by atoms with Crippen molar-refractivity contribution < 1.29 is 4.74 Å². The van der Waals surface area contributed by atoms with Gasteiger partial charge in [0.05, 0.1) is 23.9 Å². The average Bonchev–Trinajstić information content (AvgIpc) is 2.35. The van der Waals surface area contributed by atoms with Crippen LogP contribution in [-0.2, 0) is 11.2 Å². The summed E-state index contributed by atoms with van der Waals surface area (Å²) in [6.45, 7) is 3.50. The molecule has 0 aliphatic carbocycles. The lowest BCUT2D eigenvalue weighted by atomic mass is 10.2. The molecule has 0 bridgehead atoms. The molecule has 1 unspecified atom stereocenters. The Morgan fingerprint density at radius 2 is 2.12 bits per heavy atom. The Morgan fingerprint density at radius 3 is 2.76 bits per heavy atom. The fraction of sp³-hybridized carbons (Fsp3) is 0.545. The van der Waals surface area contributed by atoms with E-state index >= 15 is 0 Å². The molecule has 94 valence electrons. The monoisotopic (exact) mass is 300 g/mol. The number of halogens is 1. The lowest BCUT2D eigenvalue weighted by molar-refractivity contribution is 0.0337. The molecular formula is C11H17BrN4O. The Hall–Kier alpha value is -0.850. The Labute approximate surface area is 109 Å². The Morgan fingerprint density at radius 1 is 1.41 bits per heavy atom. The molecule has 0 amide bonds. The number of ether oxygens (including phenoxy) is 1. The van der Waals surface area contributed by atoms with E-state index in [1.54, 1.807) is 6.20 Å². The SMILES string of the molecule is Nc1cc(CC(Br)N2CCOCC2)cnc1N. The van der Waals surface area contributed by atoms with Crippen LogP contribution in [0.25, 0.3) is 0 Å². The number of pyridine rings is 1. The number of anilines is 2. The van der Waals surface area contributed by atoms with Gasteiger partial charge in [-0.3, -0.25) is 4.90 Å². The molecule has 0 radical (unpaired) electrons. The fourth-order valence-electron chi connectivity index (χ4n) is 1.83. The van der Waals surface area contributed by atoms with Crippen molar-refractivity contribution >= 4 is 27.4 Å². The van der Waals surface area contributed by atoms with E-state index in [2.05, 4.69) is 25.8 Å². The predicted molar refractivity (Wildman–Crippen MR) is 71.9 cm³/mol. The van der Waals surface area contributed by atoms with Crippen LogP contribution in [-0.4, -0.2) is 41.1 Å². The molecule has 1 saturated heterocycles. The molecule has 1 atom stereocenters. The van der Waals surface area contributed by atoms with Gasteiger partial charge in [0.25, 0.3) is 0 Å². The number of morpholine rings is 1. The van der Waals surface area contributed by atoms with Crippen LogP contribution in [0.3, 0.4) is 0 Å². The van der Waals surface area contributed by atoms with Crippen LogP contribution in [0, 0.1) is 0 Å². The average molecular weight is 301 g/mol. The van der Waals surface area contributed by atoms with Gasteiger partial charge in [-0.2, -0.15) is 0 Å². The second-order valence-corrected chi connectivity index (χ2v) is 5.16. The Kier molecular flexibility index (Phi) is 4.20. The first-order valence-corrected chi connectivity index (χ1v) is 6.54. The maximum absolute atomic E-state index is 5.74. The number of nitrogens with zero attached hydrogens (tertiary/aromatic N) is 2. The minimum Gasteiger partial charge on any atom is -0.396 e. The van der Waals surface area contributed by atoms with E-state index in [4.69, 9.17) is 16.2 Å². The first-order valence-electron chi connectivity index (χ1n) is 5.62. The van der Waals surface area contributed by atoms with Crippen molar-refractivity contribution in [2.24, 2.45) is 0 Å². The maximum atomic E-state index is 5.74. The molecule has 1 aliphatic heterocycles. The van der Waals surface area contributed by atoms with Crippen LogP contribution >= 0.6 is 15.9 Å². The smallest absolute Gasteiger partial charge is 0.146 e. The van der Waals surface area contributed by atoms with E-state index in [9.17, 15) is 0 Å². The van der Waals surface area contributed by atoms with Crippen LogP contribution in [0.2, 0.25) is 0 Å². The summed E-state index contributed by atoms with van der Waals surface area (Å²) < 4.78 is 5.32. The van der Waals surface area contributed by atoms with Gasteiger partial charge in [-0.25, -0.2) is 4.98 Å². The van der Waals surface area contributed by atoms with Gasteiger partial charge in [0.15, 0.2) is 0 Å². The van der Waals surface area contributed by atoms with Gasteiger partial charge in [-0.05, 0) is 18.1 Å². The number of rotatable bonds is 3. The Bertz CT molecular complexity index is 382. The summed E-state index contributed by atoms with van der Waals surface area (Å²) in [6.07, 6.45) is 2.64. The highest BCUT2D eigenvalue weighted by atomic mass is 79.9. The zero-order valence-corrected chi connectivity index (χ0v) is 11.2. The molecule has 1 fully saturated rings. The number of hydrogen-bond acceptors (Lipinski definition) is 5. The van der Waals surface area contributed by atoms with Gasteiger partial charge in [-0.1, -0.05) is 15.9 Å². The number of nitrogens with two attached hydrogens (primary N) is 2. The van der Waals surface area contributed by atoms with E-state index in [0.717, 1.165) is 38.3 Å².